The molecule has 15 nitrogen and oxygen atoms in total. The number of nitrogens with one attached hydrogen (secondary N) is 2. The molecule has 0 saturated heterocycles. The number of hydrogen-bond donors (Lipinski definition) is 3. The van der Waals surface area contributed by atoms with Crippen LogP contribution < -0.4 is 29.3 Å². The van der Waals surface area contributed by atoms with E-state index in [4.69, 9.17) is 42.1 Å². The van der Waals surface area contributed by atoms with Gasteiger partial charge in [0.1, 0.15) is 21.4 Å². The van der Waals surface area contributed by atoms with Gasteiger partial charge in [-0.2, -0.15) is 4.36 Å². The highest BCUT2D eigenvalue weighted by atomic mass is 35.5. The lowest BCUT2D eigenvalue weighted by Gasteiger charge is -2.46. The molecule has 4 aromatic rings. The minimum atomic E-state index is -3.61. The maximum absolute atomic E-state index is 15.1. The third-order valence-electron chi connectivity index (χ3n) is 19.3. The van der Waals surface area contributed by atoms with Crippen molar-refractivity contribution in [2.75, 3.05) is 74.9 Å². The first kappa shape index (κ1) is 59.8. The van der Waals surface area contributed by atoms with Crippen molar-refractivity contribution in [3.63, 3.8) is 0 Å². The molecule has 4 bridgehead atoms. The van der Waals surface area contributed by atoms with E-state index >= 15 is 4.21 Å². The molecular weight excluding hydrogens is 1130 g/mol. The first-order chi connectivity index (χ1) is 40.3. The van der Waals surface area contributed by atoms with Crippen LogP contribution in [0.3, 0.4) is 0 Å². The largest absolute Gasteiger partial charge is 0.491 e. The van der Waals surface area contributed by atoms with Gasteiger partial charge in [0.2, 0.25) is 0 Å². The summed E-state index contributed by atoms with van der Waals surface area (Å²) >= 11 is 13.4. The first-order valence-corrected chi connectivity index (χ1v) is 34.3. The summed E-state index contributed by atoms with van der Waals surface area (Å²) in [7, 11) is -2.03. The second-order valence-electron chi connectivity index (χ2n) is 24.5. The van der Waals surface area contributed by atoms with Crippen molar-refractivity contribution in [1.29, 1.82) is 0 Å². The first-order valence-electron chi connectivity index (χ1n) is 30.5. The molecule has 19 heteroatoms. The van der Waals surface area contributed by atoms with Crippen LogP contribution in [0.25, 0.3) is 0 Å². The molecule has 4 aromatic carbocycles. The van der Waals surface area contributed by atoms with Crippen molar-refractivity contribution < 1.29 is 41.7 Å². The topological polar surface area (TPSA) is 178 Å². The van der Waals surface area contributed by atoms with Crippen LogP contribution in [0.4, 0.5) is 16.2 Å². The Morgan fingerprint density at radius 2 is 1.41 bits per heavy atom. The number of carbonyl (C=O) groups is 3. The Kier molecular flexibility index (Phi) is 19.3. The zero-order valence-electron chi connectivity index (χ0n) is 48.1. The summed E-state index contributed by atoms with van der Waals surface area (Å²) < 4.78 is 65.1. The average molecular weight is 1210 g/mol. The van der Waals surface area contributed by atoms with Crippen molar-refractivity contribution in [3.8, 4) is 11.5 Å². The Balaban J connectivity index is 0.836. The van der Waals surface area contributed by atoms with E-state index in [1.165, 1.54) is 11.1 Å². The SMILES string of the molecule is CO[C@H]1CCCCC/[SH](=O)=N\C(=O)c2ccc3c(c2)N(Cc2ccc(Cl)cc2C(CCNC(=O)N[S@]2(=O)=NC(=O)c4ccc5c(c4)N(C[C@@H]4CC[C@H]4[C@@H](OC)CCCCC2)C[C@@]2(CCCc4cc(Cl)ccc42)CO5)CCCO3)C[C@@H]2CC[C@H]21. The Morgan fingerprint density at radius 3 is 2.13 bits per heavy atom. The number of anilines is 2. The Hall–Kier alpha value is -4.91. The number of amides is 4. The summed E-state index contributed by atoms with van der Waals surface area (Å²) in [5, 5.41) is 4.33. The molecule has 7 aliphatic rings. The average Bonchev–Trinajstić information content (AvgIpc) is 2.68. The zero-order chi connectivity index (χ0) is 57.7. The van der Waals surface area contributed by atoms with Gasteiger partial charge >= 0.3 is 6.03 Å². The van der Waals surface area contributed by atoms with Crippen molar-refractivity contribution in [2.45, 2.75) is 146 Å². The standard InChI is InChI=1S/C64H82Cl2N6O9S2/c1-78-57-13-5-3-7-31-82(76)68-61(73)44-18-25-59-55(34-44)71(37-46-16-22-51(46)57)38-48-15-20-50(66)36-53(48)42(12-10-30-80-59)27-29-67-63(75)70-83(77)32-8-4-6-14-58(79-2)52-23-17-47(52)39-72-40-64(28-9-11-43-33-49(65)21-24-54(43)64)41-81-60-26-19-45(35-56(60)72)62(74)69-83/h15,18-21,24-26,33-36,42,46-47,51-52,57-58,82H,3-14,16-17,22-23,27-32,37-41H2,1-2H3,(H2,67,69,70,74,75,77)/t42?,46-,47-,51+,52+,57-,58-,64-,83+/m0/s1. The predicted octanol–water partition coefficient (Wildman–Crippen LogP) is 12.7. The monoisotopic (exact) mass is 1210 g/mol. The van der Waals surface area contributed by atoms with Gasteiger partial charge in [-0.05, 0) is 202 Å². The van der Waals surface area contributed by atoms with Gasteiger partial charge in [-0.15, -0.1) is 4.36 Å². The second-order valence-corrected chi connectivity index (χ2v) is 28.8. The number of urea groups is 1. The van der Waals surface area contributed by atoms with Crippen molar-refractivity contribution in [1.82, 2.24) is 10.0 Å². The summed E-state index contributed by atoms with van der Waals surface area (Å²) in [5.74, 6) is 2.02. The van der Waals surface area contributed by atoms with Crippen LogP contribution in [0.15, 0.2) is 81.5 Å². The van der Waals surface area contributed by atoms with Crippen molar-refractivity contribution in [2.24, 2.45) is 32.4 Å². The molecule has 448 valence electrons. The van der Waals surface area contributed by atoms with Gasteiger partial charge in [-0.3, -0.25) is 18.5 Å². The van der Waals surface area contributed by atoms with Crippen molar-refractivity contribution >= 4 is 72.9 Å². The maximum Gasteiger partial charge on any atom is 0.327 e. The molecule has 4 aliphatic heterocycles. The van der Waals surface area contributed by atoms with Gasteiger partial charge in [-0.25, -0.2) is 9.00 Å². The van der Waals surface area contributed by atoms with Crippen LogP contribution in [0.5, 0.6) is 11.5 Å². The number of halogens is 2. The third-order valence-corrected chi connectivity index (χ3v) is 22.7. The molecule has 0 aromatic heterocycles. The molecule has 0 radical (unpaired) electrons. The Labute approximate surface area is 502 Å². The summed E-state index contributed by atoms with van der Waals surface area (Å²) in [6.07, 6.45) is 15.8. The van der Waals surface area contributed by atoms with E-state index in [0.29, 0.717) is 110 Å². The fourth-order valence-corrected chi connectivity index (χ4v) is 17.5. The molecule has 1 spiro atoms. The summed E-state index contributed by atoms with van der Waals surface area (Å²) in [4.78, 5) is 46.9. The van der Waals surface area contributed by atoms with Crippen LogP contribution in [-0.2, 0) is 48.4 Å². The van der Waals surface area contributed by atoms with E-state index in [1.54, 1.807) is 12.1 Å². The molecule has 4 amide bonds. The fraction of sp³-hybridized carbons (Fsp3) is 0.578. The smallest absolute Gasteiger partial charge is 0.327 e. The quantitative estimate of drug-likeness (QED) is 0.157. The normalized spacial score (nSPS) is 30.0. The molecule has 2 fully saturated rings. The van der Waals surface area contributed by atoms with Crippen LogP contribution in [0, 0.1) is 23.7 Å². The number of hydrogen-bond acceptors (Lipinski definition) is 11. The lowest BCUT2D eigenvalue weighted by Crippen LogP contribution is -2.49. The maximum atomic E-state index is 15.1. The zero-order valence-corrected chi connectivity index (χ0v) is 51.4. The van der Waals surface area contributed by atoms with E-state index in [1.807, 2.05) is 56.7 Å². The number of aryl methyl sites for hydroxylation is 1. The number of methoxy groups -OCH3 is 2. The van der Waals surface area contributed by atoms with Crippen LogP contribution >= 0.6 is 23.2 Å². The van der Waals surface area contributed by atoms with E-state index in [-0.39, 0.29) is 41.4 Å². The van der Waals surface area contributed by atoms with Gasteiger partial charge in [-0.1, -0.05) is 61.0 Å². The summed E-state index contributed by atoms with van der Waals surface area (Å²) in [5.41, 5.74) is 6.57. The molecule has 11 rings (SSSR count). The molecule has 4 heterocycles. The minimum absolute atomic E-state index is 0.00743. The fourth-order valence-electron chi connectivity index (χ4n) is 14.6. The predicted molar refractivity (Wildman–Crippen MR) is 330 cm³/mol. The number of carbonyl (C=O) groups excluding carboxylic acids is 3. The number of benzene rings is 4. The summed E-state index contributed by atoms with van der Waals surface area (Å²) in [6, 6.07) is 22.4. The van der Waals surface area contributed by atoms with Gasteiger partial charge in [0, 0.05) is 89.9 Å². The van der Waals surface area contributed by atoms with E-state index in [9.17, 15) is 18.6 Å². The molecule has 2 N–H and O–H groups in total. The number of fused-ring (bicyclic) bond motifs is 7. The van der Waals surface area contributed by atoms with Crippen LogP contribution in [0.2, 0.25) is 10.0 Å². The second kappa shape index (κ2) is 26.8. The van der Waals surface area contributed by atoms with Gasteiger partial charge in [0.25, 0.3) is 11.8 Å². The minimum Gasteiger partial charge on any atom is -0.491 e. The molecular formula is C64H82Cl2N6O9S2. The third kappa shape index (κ3) is 13.9. The lowest BCUT2D eigenvalue weighted by molar-refractivity contribution is -0.0220. The molecule has 2 unspecified atom stereocenters. The van der Waals surface area contributed by atoms with Crippen molar-refractivity contribution in [3.05, 3.63) is 116 Å². The van der Waals surface area contributed by atoms with E-state index in [2.05, 4.69) is 46.8 Å². The highest BCUT2D eigenvalue weighted by Gasteiger charge is 2.45. The molecule has 2 saturated carbocycles. The molecule has 83 heavy (non-hydrogen) atoms. The number of rotatable bonds is 6. The summed E-state index contributed by atoms with van der Waals surface area (Å²) in [6.45, 7) is 3.78. The molecule has 3 aliphatic carbocycles. The van der Waals surface area contributed by atoms with Gasteiger partial charge < -0.3 is 34.1 Å². The lowest BCUT2D eigenvalue weighted by atomic mass is 9.68. The van der Waals surface area contributed by atoms with E-state index < -0.39 is 38.4 Å². The van der Waals surface area contributed by atoms with Crippen LogP contribution in [-0.4, -0.2) is 104 Å². The highest BCUT2D eigenvalue weighted by Crippen LogP contribution is 2.48. The Morgan fingerprint density at radius 1 is 0.735 bits per heavy atom. The van der Waals surface area contributed by atoms with E-state index in [0.717, 1.165) is 124 Å². The van der Waals surface area contributed by atoms with Gasteiger partial charge in [0.15, 0.2) is 0 Å². The number of thiol groups is 1. The molecule has 10 atom stereocenters. The number of ether oxygens (including phenoxy) is 4. The van der Waals surface area contributed by atoms with Crippen LogP contribution in [0.1, 0.15) is 158 Å². The number of nitrogens with zero attached hydrogens (tertiary/aromatic N) is 4. The van der Waals surface area contributed by atoms with Gasteiger partial charge in [0.05, 0.1) is 42.5 Å². The highest BCUT2D eigenvalue weighted by molar-refractivity contribution is 7.92. The Bertz CT molecular complexity index is 3260.